The summed E-state index contributed by atoms with van der Waals surface area (Å²) in [5.41, 5.74) is -5.84. The molecule has 0 atom stereocenters. The summed E-state index contributed by atoms with van der Waals surface area (Å²) in [6, 6.07) is 1.70. The molecule has 0 saturated carbocycles. The van der Waals surface area contributed by atoms with E-state index in [1.165, 1.54) is 0 Å². The average Bonchev–Trinajstić information content (AvgIpc) is 2.53. The maximum Gasteiger partial charge on any atom is 0.432 e. The van der Waals surface area contributed by atoms with Gasteiger partial charge < -0.3 is 4.74 Å². The number of halogens is 5. The largest absolute Gasteiger partial charge is 0.459 e. The minimum Gasteiger partial charge on any atom is -0.459 e. The van der Waals surface area contributed by atoms with Gasteiger partial charge in [-0.25, -0.2) is 18.5 Å². The molecule has 1 aromatic carbocycles. The van der Waals surface area contributed by atoms with E-state index in [1.807, 2.05) is 0 Å². The van der Waals surface area contributed by atoms with Gasteiger partial charge >= 0.3 is 17.8 Å². The van der Waals surface area contributed by atoms with Crippen LogP contribution in [0.4, 0.5) is 17.6 Å². The number of carbonyl (C=O) groups is 1. The maximum atomic E-state index is 14.5. The second-order valence-electron chi connectivity index (χ2n) is 6.19. The molecule has 0 amide bonds. The lowest BCUT2D eigenvalue weighted by Crippen LogP contribution is -2.43. The molecule has 28 heavy (non-hydrogen) atoms. The maximum absolute atomic E-state index is 14.5. The summed E-state index contributed by atoms with van der Waals surface area (Å²) in [6.07, 6.45) is -5.46. The van der Waals surface area contributed by atoms with Gasteiger partial charge in [0, 0.05) is 17.1 Å². The van der Waals surface area contributed by atoms with Crippen LogP contribution in [-0.2, 0) is 18.0 Å². The molecule has 0 fully saturated rings. The van der Waals surface area contributed by atoms with Gasteiger partial charge in [-0.05, 0) is 48.8 Å². The lowest BCUT2D eigenvalue weighted by atomic mass is 10.1. The number of aromatic nitrogens is 2. The Labute approximate surface area is 164 Å². The number of carbonyl (C=O) groups excluding carboxylic acids is 1. The summed E-state index contributed by atoms with van der Waals surface area (Å²) in [7, 11) is 0.818. The predicted octanol–water partition coefficient (Wildman–Crippen LogP) is 3.33. The summed E-state index contributed by atoms with van der Waals surface area (Å²) in [5.74, 6) is -1.96. The molecule has 11 heteroatoms. The molecule has 2 aromatic rings. The first-order valence-corrected chi connectivity index (χ1v) is 8.66. The third-order valence-electron chi connectivity index (χ3n) is 3.80. The van der Waals surface area contributed by atoms with Crippen LogP contribution in [-0.4, -0.2) is 21.2 Å². The molecule has 1 aromatic heterocycles. The highest BCUT2D eigenvalue weighted by Gasteiger charge is 2.38. The van der Waals surface area contributed by atoms with Crippen LogP contribution in [0, 0.1) is 12.7 Å². The quantitative estimate of drug-likeness (QED) is 0.513. The molecule has 0 saturated heterocycles. The molecule has 0 bridgehead atoms. The van der Waals surface area contributed by atoms with Crippen molar-refractivity contribution in [2.75, 3.05) is 0 Å². The predicted molar refractivity (Wildman–Crippen MR) is 95.2 cm³/mol. The number of hydrogen-bond acceptors (Lipinski definition) is 4. The van der Waals surface area contributed by atoms with E-state index in [0.717, 1.165) is 26.1 Å². The SMILES string of the molecule is Cc1c(C(F)(F)F)n(C)c(=O)n(-c2cc(C(=O)OC(C)C)c(Br)cc2F)c1=O. The van der Waals surface area contributed by atoms with Crippen molar-refractivity contribution < 1.29 is 27.1 Å². The van der Waals surface area contributed by atoms with Crippen molar-refractivity contribution in [3.8, 4) is 5.69 Å². The second kappa shape index (κ2) is 7.53. The highest BCUT2D eigenvalue weighted by molar-refractivity contribution is 9.10. The van der Waals surface area contributed by atoms with Crippen molar-refractivity contribution in [1.29, 1.82) is 0 Å². The fourth-order valence-corrected chi connectivity index (χ4v) is 3.09. The molecule has 0 aliphatic heterocycles. The minimum atomic E-state index is -4.96. The van der Waals surface area contributed by atoms with Crippen molar-refractivity contribution in [2.24, 2.45) is 7.05 Å². The zero-order valence-corrected chi connectivity index (χ0v) is 16.7. The van der Waals surface area contributed by atoms with E-state index in [9.17, 15) is 31.9 Å². The summed E-state index contributed by atoms with van der Waals surface area (Å²) < 4.78 is 59.5. The summed E-state index contributed by atoms with van der Waals surface area (Å²) in [5, 5.41) is 0. The Morgan fingerprint density at radius 2 is 1.79 bits per heavy atom. The molecule has 0 aliphatic rings. The molecule has 0 spiro atoms. The summed E-state index contributed by atoms with van der Waals surface area (Å²) in [6.45, 7) is 4.04. The number of nitrogens with zero attached hydrogens (tertiary/aromatic N) is 2. The number of rotatable bonds is 3. The van der Waals surface area contributed by atoms with Gasteiger partial charge in [-0.2, -0.15) is 13.2 Å². The zero-order valence-electron chi connectivity index (χ0n) is 15.1. The Morgan fingerprint density at radius 3 is 2.29 bits per heavy atom. The Balaban J connectivity index is 2.85. The highest BCUT2D eigenvalue weighted by Crippen LogP contribution is 2.30. The van der Waals surface area contributed by atoms with Crippen LogP contribution in [0.1, 0.15) is 35.5 Å². The van der Waals surface area contributed by atoms with Gasteiger partial charge in [0.1, 0.15) is 11.5 Å². The fraction of sp³-hybridized carbons (Fsp3) is 0.353. The lowest BCUT2D eigenvalue weighted by molar-refractivity contribution is -0.144. The number of ether oxygens (including phenoxy) is 1. The third kappa shape index (κ3) is 3.89. The molecule has 0 N–H and O–H groups in total. The van der Waals surface area contributed by atoms with Crippen LogP contribution in [0.25, 0.3) is 5.69 Å². The van der Waals surface area contributed by atoms with Gasteiger partial charge in [0.05, 0.1) is 17.4 Å². The Hall–Kier alpha value is -2.43. The summed E-state index contributed by atoms with van der Waals surface area (Å²) >= 11 is 2.99. The highest BCUT2D eigenvalue weighted by atomic mass is 79.9. The first kappa shape index (κ1) is 21.9. The molecule has 2 rings (SSSR count). The third-order valence-corrected chi connectivity index (χ3v) is 4.46. The molecular weight excluding hydrogens is 452 g/mol. The molecule has 1 heterocycles. The van der Waals surface area contributed by atoms with Gasteiger partial charge in [0.2, 0.25) is 0 Å². The van der Waals surface area contributed by atoms with E-state index in [-0.39, 0.29) is 19.2 Å². The normalized spacial score (nSPS) is 11.8. The fourth-order valence-electron chi connectivity index (χ4n) is 2.61. The molecule has 0 unspecified atom stereocenters. The van der Waals surface area contributed by atoms with Crippen molar-refractivity contribution in [3.63, 3.8) is 0 Å². The topological polar surface area (TPSA) is 70.3 Å². The van der Waals surface area contributed by atoms with Crippen molar-refractivity contribution in [1.82, 2.24) is 9.13 Å². The molecule has 152 valence electrons. The van der Waals surface area contributed by atoms with E-state index in [1.54, 1.807) is 13.8 Å². The Morgan fingerprint density at radius 1 is 1.21 bits per heavy atom. The average molecular weight is 467 g/mol. The van der Waals surface area contributed by atoms with Crippen molar-refractivity contribution >= 4 is 21.9 Å². The van der Waals surface area contributed by atoms with Gasteiger partial charge in [-0.1, -0.05) is 0 Å². The molecular formula is C17H15BrF4N2O4. The van der Waals surface area contributed by atoms with E-state index in [4.69, 9.17) is 4.74 Å². The van der Waals surface area contributed by atoms with Crippen LogP contribution in [0.15, 0.2) is 26.2 Å². The zero-order chi connectivity index (χ0) is 21.5. The number of esters is 1. The van der Waals surface area contributed by atoms with Crippen LogP contribution in [0.5, 0.6) is 0 Å². The number of alkyl halides is 3. The van der Waals surface area contributed by atoms with Crippen LogP contribution < -0.4 is 11.2 Å². The lowest BCUT2D eigenvalue weighted by Gasteiger charge is -2.18. The van der Waals surface area contributed by atoms with Crippen molar-refractivity contribution in [3.05, 3.63) is 60.1 Å². The van der Waals surface area contributed by atoms with Crippen LogP contribution >= 0.6 is 15.9 Å². The monoisotopic (exact) mass is 466 g/mol. The van der Waals surface area contributed by atoms with E-state index >= 15 is 0 Å². The smallest absolute Gasteiger partial charge is 0.432 e. The Kier molecular flexibility index (Phi) is 5.88. The van der Waals surface area contributed by atoms with E-state index in [0.29, 0.717) is 0 Å². The first-order valence-electron chi connectivity index (χ1n) is 7.87. The molecule has 0 aliphatic carbocycles. The summed E-state index contributed by atoms with van der Waals surface area (Å²) in [4.78, 5) is 37.1. The van der Waals surface area contributed by atoms with Crippen molar-refractivity contribution in [2.45, 2.75) is 33.1 Å². The van der Waals surface area contributed by atoms with E-state index < -0.39 is 52.3 Å². The van der Waals surface area contributed by atoms with Gasteiger partial charge in [-0.15, -0.1) is 0 Å². The van der Waals surface area contributed by atoms with Gasteiger partial charge in [0.15, 0.2) is 0 Å². The van der Waals surface area contributed by atoms with Crippen LogP contribution in [0.2, 0.25) is 0 Å². The Bertz CT molecular complexity index is 1030. The van der Waals surface area contributed by atoms with Gasteiger partial charge in [0.25, 0.3) is 5.56 Å². The van der Waals surface area contributed by atoms with Gasteiger partial charge in [-0.3, -0.25) is 9.36 Å². The standard InChI is InChI=1S/C17H15BrF4N2O4/c1-7(2)28-15(26)9-5-12(11(19)6-10(9)18)24-14(25)8(3)13(17(20,21)22)23(4)16(24)27/h5-7H,1-4H3. The number of hydrogen-bond donors (Lipinski definition) is 0. The van der Waals surface area contributed by atoms with E-state index in [2.05, 4.69) is 15.9 Å². The number of benzene rings is 1. The second-order valence-corrected chi connectivity index (χ2v) is 7.05. The molecule has 6 nitrogen and oxygen atoms in total. The minimum absolute atomic E-state index is 0.00657. The van der Waals surface area contributed by atoms with Crippen LogP contribution in [0.3, 0.4) is 0 Å². The molecule has 0 radical (unpaired) electrons. The first-order chi connectivity index (χ1) is 12.8.